The van der Waals surface area contributed by atoms with Crippen molar-refractivity contribution in [2.75, 3.05) is 0 Å². The van der Waals surface area contributed by atoms with Crippen molar-refractivity contribution in [3.8, 4) is 5.69 Å². The second kappa shape index (κ2) is 10.7. The van der Waals surface area contributed by atoms with Crippen molar-refractivity contribution < 1.29 is 0 Å². The molecule has 220 valence electrons. The Bertz CT molecular complexity index is 2360. The van der Waals surface area contributed by atoms with E-state index in [1.807, 2.05) is 43.4 Å². The molecule has 1 aliphatic heterocycles. The Morgan fingerprint density at radius 2 is 1.37 bits per heavy atom. The van der Waals surface area contributed by atoms with Gasteiger partial charge in [-0.25, -0.2) is 4.99 Å². The molecule has 5 aromatic carbocycles. The van der Waals surface area contributed by atoms with Crippen molar-refractivity contribution in [2.24, 2.45) is 4.99 Å². The second-order valence-corrected chi connectivity index (χ2v) is 12.1. The van der Waals surface area contributed by atoms with Crippen molar-refractivity contribution in [3.63, 3.8) is 0 Å². The van der Waals surface area contributed by atoms with Crippen LogP contribution in [0.25, 0.3) is 38.8 Å². The molecule has 46 heavy (non-hydrogen) atoms. The van der Waals surface area contributed by atoms with Gasteiger partial charge in [-0.15, -0.1) is 0 Å². The topological polar surface area (TPSA) is 17.3 Å². The minimum atomic E-state index is -0.631. The van der Waals surface area contributed by atoms with Gasteiger partial charge in [-0.1, -0.05) is 147 Å². The molecule has 2 heterocycles. The first-order chi connectivity index (χ1) is 22.6. The average molecular weight is 591 g/mol. The van der Waals surface area contributed by atoms with E-state index in [2.05, 4.69) is 134 Å². The molecule has 0 saturated carbocycles. The van der Waals surface area contributed by atoms with Crippen LogP contribution in [0.2, 0.25) is 0 Å². The molecule has 2 aliphatic rings. The molecule has 1 unspecified atom stereocenters. The van der Waals surface area contributed by atoms with E-state index in [0.29, 0.717) is 5.70 Å². The molecule has 6 aromatic rings. The highest BCUT2D eigenvalue weighted by Gasteiger charge is 2.52. The minimum absolute atomic E-state index is 0.631. The number of rotatable bonds is 6. The maximum Gasteiger partial charge on any atom is 0.0772 e. The lowest BCUT2D eigenvalue weighted by Gasteiger charge is -2.41. The van der Waals surface area contributed by atoms with Crippen molar-refractivity contribution in [1.82, 2.24) is 4.57 Å². The first-order valence-corrected chi connectivity index (χ1v) is 15.8. The summed E-state index contributed by atoms with van der Waals surface area (Å²) in [6, 6.07) is 43.6. The summed E-state index contributed by atoms with van der Waals surface area (Å²) in [5.41, 5.74) is 13.7. The predicted octanol–water partition coefficient (Wildman–Crippen LogP) is 11.0. The summed E-state index contributed by atoms with van der Waals surface area (Å²) in [4.78, 5) is 5.41. The second-order valence-electron chi connectivity index (χ2n) is 12.1. The van der Waals surface area contributed by atoms with Crippen LogP contribution in [0.4, 0.5) is 0 Å². The number of allylic oxidation sites excluding steroid dienone is 7. The van der Waals surface area contributed by atoms with Gasteiger partial charge in [0.05, 0.1) is 33.5 Å². The fourth-order valence-electron chi connectivity index (χ4n) is 7.78. The maximum absolute atomic E-state index is 5.41. The van der Waals surface area contributed by atoms with Gasteiger partial charge in [-0.3, -0.25) is 0 Å². The standard InChI is InChI=1S/C44H34N2/c1-5-6-8-18-29(2)42(45-31(4)32-19-9-7-10-20-32)41-30(3)33-21-11-13-24-36(33)44(41)37-25-14-16-28-40(37)46-39-27-15-12-22-34(39)35-23-17-26-38(44)43(35)46/h5-28H,2,4H2,1,3H3/b6-5-,18-8-,45-42?. The molecule has 8 rings (SSSR count). The number of hydrogen-bond acceptors (Lipinski definition) is 1. The molecule has 1 aliphatic carbocycles. The highest BCUT2D eigenvalue weighted by molar-refractivity contribution is 6.24. The van der Waals surface area contributed by atoms with Gasteiger partial charge in [-0.2, -0.15) is 0 Å². The van der Waals surface area contributed by atoms with E-state index < -0.39 is 5.41 Å². The Morgan fingerprint density at radius 3 is 2.20 bits per heavy atom. The SMILES string of the molecule is C=C(/C=C\C=C/C)C(=NC(=C)c1ccccc1)C1=C(C)c2ccccc2C12c1ccccc1-n1c3ccccc3c3cccc2c31. The van der Waals surface area contributed by atoms with Crippen LogP contribution in [0.1, 0.15) is 41.7 Å². The zero-order valence-corrected chi connectivity index (χ0v) is 26.2. The van der Waals surface area contributed by atoms with E-state index in [1.54, 1.807) is 0 Å². The number of nitrogens with zero attached hydrogens (tertiary/aromatic N) is 2. The van der Waals surface area contributed by atoms with Crippen LogP contribution in [0.5, 0.6) is 0 Å². The maximum atomic E-state index is 5.41. The van der Waals surface area contributed by atoms with Gasteiger partial charge in [0.25, 0.3) is 0 Å². The summed E-state index contributed by atoms with van der Waals surface area (Å²) in [6.45, 7) is 13.4. The fourth-order valence-corrected chi connectivity index (χ4v) is 7.78. The van der Waals surface area contributed by atoms with Crippen LogP contribution >= 0.6 is 0 Å². The first-order valence-electron chi connectivity index (χ1n) is 15.8. The number of aliphatic imine (C=N–C) groups is 1. The quantitative estimate of drug-likeness (QED) is 0.136. The monoisotopic (exact) mass is 590 g/mol. The lowest BCUT2D eigenvalue weighted by atomic mass is 9.63. The largest absolute Gasteiger partial charge is 0.309 e. The smallest absolute Gasteiger partial charge is 0.0772 e. The Labute approximate surface area is 270 Å². The third kappa shape index (κ3) is 3.80. The Kier molecular flexibility index (Phi) is 6.47. The molecule has 0 N–H and O–H groups in total. The summed E-state index contributed by atoms with van der Waals surface area (Å²) < 4.78 is 2.47. The van der Waals surface area contributed by atoms with Gasteiger partial charge < -0.3 is 4.57 Å². The Morgan fingerprint density at radius 1 is 0.696 bits per heavy atom. The van der Waals surface area contributed by atoms with E-state index in [0.717, 1.165) is 22.4 Å². The lowest BCUT2D eigenvalue weighted by Crippen LogP contribution is -2.37. The number of fused-ring (bicyclic) bond motifs is 9. The van der Waals surface area contributed by atoms with Crippen molar-refractivity contribution in [2.45, 2.75) is 19.3 Å². The van der Waals surface area contributed by atoms with Crippen LogP contribution in [-0.2, 0) is 5.41 Å². The lowest BCUT2D eigenvalue weighted by molar-refractivity contribution is 0.750. The van der Waals surface area contributed by atoms with E-state index in [-0.39, 0.29) is 0 Å². The summed E-state index contributed by atoms with van der Waals surface area (Å²) in [7, 11) is 0. The summed E-state index contributed by atoms with van der Waals surface area (Å²) >= 11 is 0. The highest BCUT2D eigenvalue weighted by atomic mass is 15.0. The van der Waals surface area contributed by atoms with Gasteiger partial charge in [-0.05, 0) is 64.9 Å². The molecule has 0 amide bonds. The average Bonchev–Trinajstić information content (AvgIpc) is 3.57. The van der Waals surface area contributed by atoms with Crippen LogP contribution < -0.4 is 0 Å². The molecule has 0 radical (unpaired) electrons. The molecule has 0 fully saturated rings. The summed E-state index contributed by atoms with van der Waals surface area (Å²) in [5, 5.41) is 2.51. The van der Waals surface area contributed by atoms with Crippen LogP contribution in [0, 0.1) is 0 Å². The summed E-state index contributed by atoms with van der Waals surface area (Å²) in [6.07, 6.45) is 8.17. The minimum Gasteiger partial charge on any atom is -0.309 e. The Balaban J connectivity index is 1.53. The van der Waals surface area contributed by atoms with Gasteiger partial charge in [0, 0.05) is 16.3 Å². The molecule has 0 bridgehead atoms. The van der Waals surface area contributed by atoms with Crippen LogP contribution in [-0.4, -0.2) is 10.3 Å². The first kappa shape index (κ1) is 27.8. The van der Waals surface area contributed by atoms with Gasteiger partial charge in [0.2, 0.25) is 0 Å². The molecule has 2 heteroatoms. The van der Waals surface area contributed by atoms with Crippen molar-refractivity contribution in [1.29, 1.82) is 0 Å². The molecule has 1 aromatic heterocycles. The zero-order chi connectivity index (χ0) is 31.4. The zero-order valence-electron chi connectivity index (χ0n) is 26.2. The molecule has 2 nitrogen and oxygen atoms in total. The predicted molar refractivity (Wildman–Crippen MR) is 196 cm³/mol. The highest BCUT2D eigenvalue weighted by Crippen LogP contribution is 2.60. The third-order valence-electron chi connectivity index (χ3n) is 9.63. The van der Waals surface area contributed by atoms with Crippen molar-refractivity contribution in [3.05, 3.63) is 198 Å². The van der Waals surface area contributed by atoms with Crippen LogP contribution in [0.15, 0.2) is 175 Å². The van der Waals surface area contributed by atoms with E-state index in [4.69, 9.17) is 4.99 Å². The fraction of sp³-hybridized carbons (Fsp3) is 0.0682. The normalized spacial score (nSPS) is 17.0. The van der Waals surface area contributed by atoms with Crippen molar-refractivity contribution >= 4 is 38.8 Å². The molecule has 1 spiro atoms. The molecular formula is C44H34N2. The van der Waals surface area contributed by atoms with Gasteiger partial charge >= 0.3 is 0 Å². The van der Waals surface area contributed by atoms with E-state index >= 15 is 0 Å². The van der Waals surface area contributed by atoms with E-state index in [1.165, 1.54) is 55.3 Å². The number of hydrogen-bond donors (Lipinski definition) is 0. The number of aromatic nitrogens is 1. The number of benzene rings is 5. The third-order valence-corrected chi connectivity index (χ3v) is 9.63. The van der Waals surface area contributed by atoms with Gasteiger partial charge in [0.1, 0.15) is 0 Å². The number of para-hydroxylation sites is 3. The molecule has 0 saturated heterocycles. The molecule has 1 atom stereocenters. The van der Waals surface area contributed by atoms with Crippen LogP contribution in [0.3, 0.4) is 0 Å². The molecular weight excluding hydrogens is 556 g/mol. The van der Waals surface area contributed by atoms with Gasteiger partial charge in [0.15, 0.2) is 0 Å². The van der Waals surface area contributed by atoms with E-state index in [9.17, 15) is 0 Å². The Hall–Kier alpha value is -5.73. The summed E-state index contributed by atoms with van der Waals surface area (Å²) in [5.74, 6) is 0.